The molecule has 1 nitrogen and oxygen atoms in total. The van der Waals surface area contributed by atoms with Gasteiger partial charge in [-0.2, -0.15) is 0 Å². The summed E-state index contributed by atoms with van der Waals surface area (Å²) in [6, 6.07) is 0. The van der Waals surface area contributed by atoms with Gasteiger partial charge in [0, 0.05) is 0 Å². The molecule has 50 valence electrons. The SMILES string of the molecule is CC(C)C([O-])C(C)C.[Na+]. The van der Waals surface area contributed by atoms with Crippen LogP contribution in [-0.4, -0.2) is 6.10 Å². The Morgan fingerprint density at radius 3 is 1.11 bits per heavy atom. The van der Waals surface area contributed by atoms with Crippen molar-refractivity contribution in [1.82, 2.24) is 0 Å². The Labute approximate surface area is 80.1 Å². The second-order valence-electron chi connectivity index (χ2n) is 2.95. The summed E-state index contributed by atoms with van der Waals surface area (Å²) >= 11 is 0. The average molecular weight is 138 g/mol. The summed E-state index contributed by atoms with van der Waals surface area (Å²) in [4.78, 5) is 0. The van der Waals surface area contributed by atoms with Crippen LogP contribution in [-0.2, 0) is 0 Å². The van der Waals surface area contributed by atoms with Gasteiger partial charge in [0.05, 0.1) is 0 Å². The van der Waals surface area contributed by atoms with E-state index < -0.39 is 0 Å². The summed E-state index contributed by atoms with van der Waals surface area (Å²) in [5, 5.41) is 10.9. The maximum absolute atomic E-state index is 10.9. The molecule has 0 aromatic rings. The maximum Gasteiger partial charge on any atom is 1.00 e. The Morgan fingerprint density at radius 2 is 1.11 bits per heavy atom. The van der Waals surface area contributed by atoms with Crippen LogP contribution in [0.5, 0.6) is 0 Å². The minimum atomic E-state index is -0.380. The van der Waals surface area contributed by atoms with Crippen molar-refractivity contribution in [2.24, 2.45) is 11.8 Å². The minimum Gasteiger partial charge on any atom is -0.852 e. The van der Waals surface area contributed by atoms with Crippen LogP contribution in [0.3, 0.4) is 0 Å². The zero-order valence-corrected chi connectivity index (χ0v) is 9.14. The molecule has 0 aromatic heterocycles. The molecule has 2 heteroatoms. The average Bonchev–Trinajstić information content (AvgIpc) is 1.64. The molecular weight excluding hydrogens is 123 g/mol. The van der Waals surface area contributed by atoms with E-state index in [-0.39, 0.29) is 47.5 Å². The standard InChI is InChI=1S/C7H15O.Na/c1-5(2)7(8)6(3)4;/h5-7H,1-4H3;/q-1;+1. The largest absolute Gasteiger partial charge is 1.00 e. The summed E-state index contributed by atoms with van der Waals surface area (Å²) < 4.78 is 0. The van der Waals surface area contributed by atoms with E-state index in [0.29, 0.717) is 0 Å². The molecule has 9 heavy (non-hydrogen) atoms. The molecule has 0 spiro atoms. The molecule has 0 unspecified atom stereocenters. The smallest absolute Gasteiger partial charge is 0.852 e. The van der Waals surface area contributed by atoms with Crippen LogP contribution in [0.15, 0.2) is 0 Å². The molecule has 0 radical (unpaired) electrons. The van der Waals surface area contributed by atoms with E-state index in [9.17, 15) is 5.11 Å². The summed E-state index contributed by atoms with van der Waals surface area (Å²) in [5.74, 6) is 0.574. The molecule has 0 heterocycles. The summed E-state index contributed by atoms with van der Waals surface area (Å²) in [6.07, 6.45) is -0.380. The van der Waals surface area contributed by atoms with E-state index in [2.05, 4.69) is 0 Å². The number of hydrogen-bond acceptors (Lipinski definition) is 1. The van der Waals surface area contributed by atoms with Gasteiger partial charge in [-0.15, -0.1) is 6.10 Å². The molecule has 0 aliphatic rings. The zero-order valence-electron chi connectivity index (χ0n) is 7.14. The second kappa shape index (κ2) is 5.72. The molecule has 0 atom stereocenters. The van der Waals surface area contributed by atoms with Gasteiger partial charge in [-0.3, -0.25) is 0 Å². The molecule has 0 aromatic carbocycles. The third-order valence-electron chi connectivity index (χ3n) is 1.31. The Morgan fingerprint density at radius 1 is 0.889 bits per heavy atom. The molecule has 0 rings (SSSR count). The van der Waals surface area contributed by atoms with Gasteiger partial charge in [-0.1, -0.05) is 39.5 Å². The van der Waals surface area contributed by atoms with Crippen molar-refractivity contribution in [3.63, 3.8) is 0 Å². The molecular formula is C7H15NaO. The fourth-order valence-electron chi connectivity index (χ4n) is 0.770. The second-order valence-corrected chi connectivity index (χ2v) is 2.95. The van der Waals surface area contributed by atoms with Gasteiger partial charge in [-0.25, -0.2) is 0 Å². The Bertz CT molecular complexity index is 53.9. The fourth-order valence-corrected chi connectivity index (χ4v) is 0.770. The van der Waals surface area contributed by atoms with Gasteiger partial charge in [-0.05, 0) is 0 Å². The van der Waals surface area contributed by atoms with Crippen molar-refractivity contribution in [2.75, 3.05) is 0 Å². The number of hydrogen-bond donors (Lipinski definition) is 0. The molecule has 0 saturated carbocycles. The predicted octanol–water partition coefficient (Wildman–Crippen LogP) is -1.97. The van der Waals surface area contributed by atoms with Gasteiger partial charge < -0.3 is 5.11 Å². The normalized spacial score (nSPS) is 10.7. The molecule has 0 N–H and O–H groups in total. The fraction of sp³-hybridized carbons (Fsp3) is 1.00. The predicted molar refractivity (Wildman–Crippen MR) is 33.5 cm³/mol. The molecule has 0 saturated heterocycles. The minimum absolute atomic E-state index is 0. The van der Waals surface area contributed by atoms with Crippen molar-refractivity contribution in [1.29, 1.82) is 0 Å². The Kier molecular flexibility index (Phi) is 8.02. The van der Waals surface area contributed by atoms with Crippen LogP contribution in [0.4, 0.5) is 0 Å². The van der Waals surface area contributed by atoms with E-state index in [0.717, 1.165) is 0 Å². The van der Waals surface area contributed by atoms with Crippen LogP contribution in [0, 0.1) is 11.8 Å². The van der Waals surface area contributed by atoms with Crippen LogP contribution >= 0.6 is 0 Å². The van der Waals surface area contributed by atoms with Gasteiger partial charge in [0.15, 0.2) is 0 Å². The summed E-state index contributed by atoms with van der Waals surface area (Å²) in [6.45, 7) is 7.88. The van der Waals surface area contributed by atoms with Gasteiger partial charge in [0.1, 0.15) is 0 Å². The Hall–Kier alpha value is 0.960. The van der Waals surface area contributed by atoms with Crippen molar-refractivity contribution < 1.29 is 34.7 Å². The molecule has 0 fully saturated rings. The van der Waals surface area contributed by atoms with Crippen molar-refractivity contribution in [2.45, 2.75) is 33.8 Å². The van der Waals surface area contributed by atoms with Crippen molar-refractivity contribution >= 4 is 0 Å². The maximum atomic E-state index is 10.9. The van der Waals surface area contributed by atoms with E-state index in [1.54, 1.807) is 0 Å². The first-order valence-electron chi connectivity index (χ1n) is 3.21. The zero-order chi connectivity index (χ0) is 6.73. The molecule has 0 aliphatic carbocycles. The quantitative estimate of drug-likeness (QED) is 0.406. The number of rotatable bonds is 2. The van der Waals surface area contributed by atoms with E-state index in [4.69, 9.17) is 0 Å². The van der Waals surface area contributed by atoms with E-state index >= 15 is 0 Å². The Balaban J connectivity index is 0. The van der Waals surface area contributed by atoms with Crippen molar-refractivity contribution in [3.05, 3.63) is 0 Å². The topological polar surface area (TPSA) is 23.1 Å². The molecule has 0 bridgehead atoms. The van der Waals surface area contributed by atoms with Gasteiger partial charge in [0.2, 0.25) is 0 Å². The van der Waals surface area contributed by atoms with Crippen LogP contribution in [0.25, 0.3) is 0 Å². The molecule has 0 amide bonds. The summed E-state index contributed by atoms with van der Waals surface area (Å²) in [5.41, 5.74) is 0. The first kappa shape index (κ1) is 12.6. The van der Waals surface area contributed by atoms with Crippen LogP contribution in [0.2, 0.25) is 0 Å². The van der Waals surface area contributed by atoms with E-state index in [1.165, 1.54) is 0 Å². The van der Waals surface area contributed by atoms with Crippen LogP contribution < -0.4 is 34.7 Å². The monoisotopic (exact) mass is 138 g/mol. The van der Waals surface area contributed by atoms with Gasteiger partial charge in [0.25, 0.3) is 0 Å². The molecule has 0 aliphatic heterocycles. The van der Waals surface area contributed by atoms with Gasteiger partial charge >= 0.3 is 29.6 Å². The van der Waals surface area contributed by atoms with E-state index in [1.807, 2.05) is 27.7 Å². The van der Waals surface area contributed by atoms with Crippen molar-refractivity contribution in [3.8, 4) is 0 Å². The third-order valence-corrected chi connectivity index (χ3v) is 1.31. The third kappa shape index (κ3) is 5.41. The first-order valence-corrected chi connectivity index (χ1v) is 3.21. The summed E-state index contributed by atoms with van der Waals surface area (Å²) in [7, 11) is 0. The first-order chi connectivity index (χ1) is 3.55. The van der Waals surface area contributed by atoms with Crippen LogP contribution in [0.1, 0.15) is 27.7 Å².